The number of fused-ring (bicyclic) bond motifs is 1. The zero-order valence-electron chi connectivity index (χ0n) is 5.86. The number of hydrogen-bond donors (Lipinski definition) is 1. The van der Waals surface area contributed by atoms with Crippen LogP contribution in [0.4, 0.5) is 0 Å². The van der Waals surface area contributed by atoms with Crippen molar-refractivity contribution in [2.75, 3.05) is 6.61 Å². The normalized spacial score (nSPS) is 14.2. The van der Waals surface area contributed by atoms with Crippen molar-refractivity contribution < 1.29 is 19.4 Å². The number of ketones is 1. The van der Waals surface area contributed by atoms with Crippen LogP contribution >= 0.6 is 11.3 Å². The number of thiophene rings is 1. The Hall–Kier alpha value is -1.36. The summed E-state index contributed by atoms with van der Waals surface area (Å²) in [5, 5.41) is 9.00. The molecule has 0 atom stereocenters. The minimum atomic E-state index is -1.02. The maximum Gasteiger partial charge on any atom is 0.346 e. The molecule has 1 aromatic heterocycles. The van der Waals surface area contributed by atoms with Crippen molar-refractivity contribution in [1.29, 1.82) is 0 Å². The highest BCUT2D eigenvalue weighted by molar-refractivity contribution is 7.16. The molecule has 1 aromatic rings. The largest absolute Gasteiger partial charge is 0.477 e. The molecule has 0 spiro atoms. The number of carbonyl (C=O) groups excluding carboxylic acids is 1. The summed E-state index contributed by atoms with van der Waals surface area (Å²) in [6.45, 7) is 0.0427. The first-order chi connectivity index (χ1) is 5.68. The maximum absolute atomic E-state index is 11.0. The highest BCUT2D eigenvalue weighted by atomic mass is 32.1. The van der Waals surface area contributed by atoms with Crippen LogP contribution < -0.4 is 4.74 Å². The van der Waals surface area contributed by atoms with Crippen LogP contribution in [0.2, 0.25) is 0 Å². The number of carboxylic acid groups (broad SMARTS) is 1. The van der Waals surface area contributed by atoms with Gasteiger partial charge >= 0.3 is 5.97 Å². The molecule has 0 saturated heterocycles. The summed E-state index contributed by atoms with van der Waals surface area (Å²) in [4.78, 5) is 21.6. The molecule has 12 heavy (non-hydrogen) atoms. The van der Waals surface area contributed by atoms with Gasteiger partial charge in [-0.2, -0.15) is 0 Å². The molecular formula is C7H4O4S. The van der Waals surface area contributed by atoms with E-state index in [-0.39, 0.29) is 17.3 Å². The van der Waals surface area contributed by atoms with Gasteiger partial charge in [0.2, 0.25) is 5.78 Å². The predicted molar refractivity (Wildman–Crippen MR) is 41.1 cm³/mol. The second-order valence-electron chi connectivity index (χ2n) is 2.33. The molecule has 2 heterocycles. The number of carbonyl (C=O) groups is 2. The molecule has 0 radical (unpaired) electrons. The minimum absolute atomic E-state index is 0.0427. The molecule has 1 N–H and O–H groups in total. The zero-order chi connectivity index (χ0) is 8.72. The Morgan fingerprint density at radius 1 is 1.67 bits per heavy atom. The second kappa shape index (κ2) is 2.31. The van der Waals surface area contributed by atoms with E-state index in [2.05, 4.69) is 0 Å². The fraction of sp³-hybridized carbons (Fsp3) is 0.143. The predicted octanol–water partition coefficient (Wildman–Crippen LogP) is 1.02. The van der Waals surface area contributed by atoms with Gasteiger partial charge in [0.1, 0.15) is 4.88 Å². The van der Waals surface area contributed by atoms with Gasteiger partial charge in [-0.3, -0.25) is 4.79 Å². The van der Waals surface area contributed by atoms with Crippen LogP contribution in [-0.2, 0) is 0 Å². The third-order valence-electron chi connectivity index (χ3n) is 1.54. The molecule has 1 aliphatic heterocycles. The number of carboxylic acids is 1. The summed E-state index contributed by atoms with van der Waals surface area (Å²) in [6.07, 6.45) is 0. The van der Waals surface area contributed by atoms with Crippen molar-refractivity contribution in [3.05, 3.63) is 16.5 Å². The fourth-order valence-corrected chi connectivity index (χ4v) is 1.85. The summed E-state index contributed by atoms with van der Waals surface area (Å²) in [5.41, 5.74) is 0.400. The molecule has 0 fully saturated rings. The van der Waals surface area contributed by atoms with Crippen molar-refractivity contribution in [1.82, 2.24) is 0 Å². The van der Waals surface area contributed by atoms with E-state index in [0.717, 1.165) is 11.3 Å². The summed E-state index contributed by atoms with van der Waals surface area (Å²) in [7, 11) is 0. The van der Waals surface area contributed by atoms with Crippen LogP contribution in [-0.4, -0.2) is 23.5 Å². The first-order valence-corrected chi connectivity index (χ1v) is 4.03. The quantitative estimate of drug-likeness (QED) is 0.707. The van der Waals surface area contributed by atoms with Crippen LogP contribution in [0.1, 0.15) is 20.0 Å². The van der Waals surface area contributed by atoms with E-state index in [1.165, 1.54) is 6.07 Å². The number of aromatic carboxylic acids is 1. The maximum atomic E-state index is 11.0. The summed E-state index contributed by atoms with van der Waals surface area (Å²) < 4.78 is 4.95. The molecule has 0 bridgehead atoms. The fourth-order valence-electron chi connectivity index (χ4n) is 0.990. The van der Waals surface area contributed by atoms with E-state index in [9.17, 15) is 9.59 Å². The zero-order valence-corrected chi connectivity index (χ0v) is 6.68. The second-order valence-corrected chi connectivity index (χ2v) is 3.34. The van der Waals surface area contributed by atoms with E-state index in [1.807, 2.05) is 0 Å². The molecule has 4 nitrogen and oxygen atoms in total. The molecule has 5 heteroatoms. The molecule has 0 amide bonds. The number of hydrogen-bond acceptors (Lipinski definition) is 4. The van der Waals surface area contributed by atoms with Crippen molar-refractivity contribution in [2.24, 2.45) is 0 Å². The molecule has 0 aromatic carbocycles. The summed E-state index contributed by atoms with van der Waals surface area (Å²) >= 11 is 0.991. The first kappa shape index (κ1) is 7.30. The van der Waals surface area contributed by atoms with Crippen molar-refractivity contribution >= 4 is 23.1 Å². The van der Waals surface area contributed by atoms with Gasteiger partial charge in [-0.15, -0.1) is 0 Å². The van der Waals surface area contributed by atoms with Gasteiger partial charge in [0.25, 0.3) is 0 Å². The highest BCUT2D eigenvalue weighted by Crippen LogP contribution is 2.34. The van der Waals surface area contributed by atoms with Gasteiger partial charge in [0, 0.05) is 0 Å². The number of rotatable bonds is 1. The van der Waals surface area contributed by atoms with Gasteiger partial charge in [-0.05, 0) is 6.07 Å². The average Bonchev–Trinajstić information content (AvgIpc) is 2.53. The Bertz CT molecular complexity index is 365. The van der Waals surface area contributed by atoms with Gasteiger partial charge in [-0.25, -0.2) is 4.79 Å². The van der Waals surface area contributed by atoms with Gasteiger partial charge in [0.15, 0.2) is 11.7 Å². The number of Topliss-reactive ketones (excluding diaryl/α,β-unsaturated/α-hetero) is 1. The van der Waals surface area contributed by atoms with Crippen molar-refractivity contribution in [3.8, 4) is 5.06 Å². The Kier molecular flexibility index (Phi) is 1.41. The Morgan fingerprint density at radius 2 is 2.42 bits per heavy atom. The van der Waals surface area contributed by atoms with Crippen molar-refractivity contribution in [2.45, 2.75) is 0 Å². The van der Waals surface area contributed by atoms with Gasteiger partial charge < -0.3 is 9.84 Å². The van der Waals surface area contributed by atoms with E-state index >= 15 is 0 Å². The summed E-state index contributed by atoms with van der Waals surface area (Å²) in [5.74, 6) is -1.17. The lowest BCUT2D eigenvalue weighted by Crippen LogP contribution is -2.00. The summed E-state index contributed by atoms with van der Waals surface area (Å²) in [6, 6.07) is 1.36. The number of ether oxygens (including phenoxy) is 1. The molecular weight excluding hydrogens is 180 g/mol. The molecule has 0 saturated carbocycles. The van der Waals surface area contributed by atoms with Gasteiger partial charge in [0.05, 0.1) is 5.56 Å². The van der Waals surface area contributed by atoms with Crippen molar-refractivity contribution in [3.63, 3.8) is 0 Å². The van der Waals surface area contributed by atoms with Crippen LogP contribution in [0.3, 0.4) is 0 Å². The molecule has 0 unspecified atom stereocenters. The Balaban J connectivity index is 2.49. The Labute approximate surface area is 71.4 Å². The van der Waals surface area contributed by atoms with E-state index in [0.29, 0.717) is 10.6 Å². The Morgan fingerprint density at radius 3 is 3.00 bits per heavy atom. The molecule has 1 aliphatic rings. The lowest BCUT2D eigenvalue weighted by Gasteiger charge is -1.88. The van der Waals surface area contributed by atoms with Crippen LogP contribution in [0, 0.1) is 0 Å². The van der Waals surface area contributed by atoms with E-state index in [4.69, 9.17) is 9.84 Å². The average molecular weight is 184 g/mol. The monoisotopic (exact) mass is 184 g/mol. The van der Waals surface area contributed by atoms with E-state index in [1.54, 1.807) is 0 Å². The molecule has 0 aliphatic carbocycles. The van der Waals surface area contributed by atoms with Crippen LogP contribution in [0.15, 0.2) is 6.07 Å². The highest BCUT2D eigenvalue weighted by Gasteiger charge is 2.26. The molecule has 62 valence electrons. The van der Waals surface area contributed by atoms with Crippen LogP contribution in [0.5, 0.6) is 5.06 Å². The standard InChI is InChI=1S/C7H4O4S/c8-4-2-11-7-3(4)1-5(12-7)6(9)10/h1H,2H2,(H,9,10). The van der Waals surface area contributed by atoms with Crippen LogP contribution in [0.25, 0.3) is 0 Å². The van der Waals surface area contributed by atoms with E-state index < -0.39 is 5.97 Å². The lowest BCUT2D eigenvalue weighted by molar-refractivity contribution is 0.0702. The lowest BCUT2D eigenvalue weighted by atomic mass is 10.2. The third kappa shape index (κ3) is 0.902. The first-order valence-electron chi connectivity index (χ1n) is 3.21. The smallest absolute Gasteiger partial charge is 0.346 e. The molecule has 2 rings (SSSR count). The SMILES string of the molecule is O=C(O)c1cc2c(s1)OCC2=O. The minimum Gasteiger partial charge on any atom is -0.477 e. The topological polar surface area (TPSA) is 63.6 Å². The third-order valence-corrected chi connectivity index (χ3v) is 2.58. The van der Waals surface area contributed by atoms with Gasteiger partial charge in [-0.1, -0.05) is 11.3 Å².